The second-order valence-electron chi connectivity index (χ2n) is 4.69. The van der Waals surface area contributed by atoms with Gasteiger partial charge in [0.15, 0.2) is 0 Å². The fraction of sp³-hybridized carbons (Fsp3) is 0.857. The van der Waals surface area contributed by atoms with E-state index in [4.69, 9.17) is 10.8 Å². The molecule has 0 spiro atoms. The van der Waals surface area contributed by atoms with Crippen LogP contribution in [0.3, 0.4) is 0 Å². The van der Waals surface area contributed by atoms with Crippen molar-refractivity contribution in [3.05, 3.63) is 6.42 Å². The molecule has 3 N–H and O–H groups in total. The average Bonchev–Trinajstić information content (AvgIpc) is 2.31. The normalized spacial score (nSPS) is 12.6. The number of nitrogens with two attached hydrogens (primary N) is 1. The fourth-order valence-electron chi connectivity index (χ4n) is 1.81. The summed E-state index contributed by atoms with van der Waals surface area (Å²) in [5, 5.41) is 9.17. The SMILES string of the molecule is CCCCCC[CH]CCCCC[C@@H](O)C(N)=O. The molecule has 1 radical (unpaired) electrons. The van der Waals surface area contributed by atoms with Crippen LogP contribution >= 0.6 is 0 Å². The Hall–Kier alpha value is -0.570. The van der Waals surface area contributed by atoms with Crippen LogP contribution in [0.25, 0.3) is 0 Å². The Labute approximate surface area is 106 Å². The Morgan fingerprint density at radius 3 is 2.24 bits per heavy atom. The molecular weight excluding hydrogens is 214 g/mol. The van der Waals surface area contributed by atoms with Crippen LogP contribution in [-0.4, -0.2) is 17.1 Å². The summed E-state index contributed by atoms with van der Waals surface area (Å²) in [6, 6.07) is 0. The Morgan fingerprint density at radius 1 is 1.12 bits per heavy atom. The molecule has 0 rings (SSSR count). The summed E-state index contributed by atoms with van der Waals surface area (Å²) in [6.45, 7) is 2.23. The number of aliphatic hydroxyl groups is 1. The van der Waals surface area contributed by atoms with Crippen LogP contribution < -0.4 is 5.73 Å². The molecule has 101 valence electrons. The van der Waals surface area contributed by atoms with Gasteiger partial charge in [0.25, 0.3) is 0 Å². The number of hydrogen-bond acceptors (Lipinski definition) is 2. The molecule has 1 amide bonds. The van der Waals surface area contributed by atoms with Gasteiger partial charge in [-0.1, -0.05) is 64.7 Å². The smallest absolute Gasteiger partial charge is 0.246 e. The maximum Gasteiger partial charge on any atom is 0.246 e. The standard InChI is InChI=1S/C14H28NO2/c1-2-3-4-5-6-7-8-9-10-11-12-13(16)14(15)17/h7,13,16H,2-6,8-12H2,1H3,(H2,15,17)/t13-/m1/s1. The number of rotatable bonds is 12. The maximum absolute atomic E-state index is 10.6. The third-order valence-electron chi connectivity index (χ3n) is 2.98. The lowest BCUT2D eigenvalue weighted by molar-refractivity contribution is -0.126. The van der Waals surface area contributed by atoms with Gasteiger partial charge in [-0.15, -0.1) is 0 Å². The zero-order valence-electron chi connectivity index (χ0n) is 11.2. The van der Waals surface area contributed by atoms with Crippen LogP contribution in [0.15, 0.2) is 0 Å². The highest BCUT2D eigenvalue weighted by Crippen LogP contribution is 2.11. The molecular formula is C14H28NO2. The van der Waals surface area contributed by atoms with Gasteiger partial charge < -0.3 is 10.8 Å². The van der Waals surface area contributed by atoms with Crippen molar-refractivity contribution in [2.75, 3.05) is 0 Å². The minimum atomic E-state index is -0.951. The number of unbranched alkanes of at least 4 members (excludes halogenated alkanes) is 9. The van der Waals surface area contributed by atoms with Crippen molar-refractivity contribution < 1.29 is 9.90 Å². The molecule has 0 unspecified atom stereocenters. The molecule has 3 heteroatoms. The van der Waals surface area contributed by atoms with Gasteiger partial charge in [0.1, 0.15) is 6.10 Å². The van der Waals surface area contributed by atoms with Crippen molar-refractivity contribution in [3.63, 3.8) is 0 Å². The summed E-state index contributed by atoms with van der Waals surface area (Å²) in [5.41, 5.74) is 4.96. The molecule has 0 bridgehead atoms. The van der Waals surface area contributed by atoms with E-state index in [1.807, 2.05) is 0 Å². The van der Waals surface area contributed by atoms with E-state index in [-0.39, 0.29) is 0 Å². The molecule has 0 aromatic rings. The first-order valence-corrected chi connectivity index (χ1v) is 6.97. The predicted octanol–water partition coefficient (Wildman–Crippen LogP) is 2.96. The van der Waals surface area contributed by atoms with Crippen molar-refractivity contribution in [2.45, 2.75) is 77.2 Å². The highest BCUT2D eigenvalue weighted by atomic mass is 16.3. The molecule has 1 atom stereocenters. The van der Waals surface area contributed by atoms with Crippen LogP contribution in [-0.2, 0) is 4.79 Å². The molecule has 0 fully saturated rings. The first kappa shape index (κ1) is 16.4. The van der Waals surface area contributed by atoms with Crippen LogP contribution in [0.1, 0.15) is 71.1 Å². The first-order chi connectivity index (χ1) is 8.18. The molecule has 0 saturated carbocycles. The minimum absolute atomic E-state index is 0.506. The van der Waals surface area contributed by atoms with Gasteiger partial charge in [-0.05, 0) is 12.8 Å². The fourth-order valence-corrected chi connectivity index (χ4v) is 1.81. The number of carbonyl (C=O) groups excluding carboxylic acids is 1. The number of amides is 1. The first-order valence-electron chi connectivity index (χ1n) is 6.97. The highest BCUT2D eigenvalue weighted by molar-refractivity contribution is 5.78. The zero-order chi connectivity index (χ0) is 12.9. The van der Waals surface area contributed by atoms with Gasteiger partial charge in [-0.25, -0.2) is 0 Å². The van der Waals surface area contributed by atoms with Crippen molar-refractivity contribution in [1.82, 2.24) is 0 Å². The minimum Gasteiger partial charge on any atom is -0.383 e. The van der Waals surface area contributed by atoms with Gasteiger partial charge in [0.05, 0.1) is 0 Å². The van der Waals surface area contributed by atoms with Gasteiger partial charge in [0.2, 0.25) is 5.91 Å². The van der Waals surface area contributed by atoms with Gasteiger partial charge >= 0.3 is 0 Å². The lowest BCUT2D eigenvalue weighted by Gasteiger charge is -2.05. The third-order valence-corrected chi connectivity index (χ3v) is 2.98. The van der Waals surface area contributed by atoms with E-state index in [9.17, 15) is 4.79 Å². The quantitative estimate of drug-likeness (QED) is 0.517. The number of carbonyl (C=O) groups is 1. The molecule has 3 nitrogen and oxygen atoms in total. The molecule has 0 aliphatic heterocycles. The van der Waals surface area contributed by atoms with Gasteiger partial charge in [0, 0.05) is 0 Å². The molecule has 0 aliphatic carbocycles. The van der Waals surface area contributed by atoms with E-state index in [0.717, 1.165) is 25.7 Å². The van der Waals surface area contributed by atoms with E-state index < -0.39 is 12.0 Å². The molecule has 17 heavy (non-hydrogen) atoms. The summed E-state index contributed by atoms with van der Waals surface area (Å²) in [7, 11) is 0. The lowest BCUT2D eigenvalue weighted by atomic mass is 10.0. The number of primary amides is 1. The van der Waals surface area contributed by atoms with E-state index in [1.54, 1.807) is 0 Å². The van der Waals surface area contributed by atoms with E-state index >= 15 is 0 Å². The summed E-state index contributed by atoms with van der Waals surface area (Å²) < 4.78 is 0. The maximum atomic E-state index is 10.6. The molecule has 0 aromatic carbocycles. The van der Waals surface area contributed by atoms with Crippen molar-refractivity contribution >= 4 is 5.91 Å². The van der Waals surface area contributed by atoms with E-state index in [1.165, 1.54) is 32.1 Å². The van der Waals surface area contributed by atoms with E-state index in [0.29, 0.717) is 6.42 Å². The zero-order valence-corrected chi connectivity index (χ0v) is 11.2. The predicted molar refractivity (Wildman–Crippen MR) is 71.3 cm³/mol. The van der Waals surface area contributed by atoms with Crippen molar-refractivity contribution in [3.8, 4) is 0 Å². The number of aliphatic hydroxyl groups excluding tert-OH is 1. The molecule has 0 heterocycles. The van der Waals surface area contributed by atoms with Gasteiger partial charge in [-0.2, -0.15) is 0 Å². The lowest BCUT2D eigenvalue weighted by Crippen LogP contribution is -2.27. The van der Waals surface area contributed by atoms with Crippen LogP contribution in [0.2, 0.25) is 0 Å². The average molecular weight is 242 g/mol. The summed E-state index contributed by atoms with van der Waals surface area (Å²) in [4.78, 5) is 10.6. The van der Waals surface area contributed by atoms with Crippen LogP contribution in [0.4, 0.5) is 0 Å². The van der Waals surface area contributed by atoms with Crippen molar-refractivity contribution in [1.29, 1.82) is 0 Å². The molecule has 0 saturated heterocycles. The van der Waals surface area contributed by atoms with E-state index in [2.05, 4.69) is 13.3 Å². The monoisotopic (exact) mass is 242 g/mol. The Bertz CT molecular complexity index is 183. The second kappa shape index (κ2) is 11.9. The Morgan fingerprint density at radius 2 is 1.71 bits per heavy atom. The van der Waals surface area contributed by atoms with Gasteiger partial charge in [-0.3, -0.25) is 4.79 Å². The molecule has 0 aromatic heterocycles. The largest absolute Gasteiger partial charge is 0.383 e. The summed E-state index contributed by atoms with van der Waals surface area (Å²) >= 11 is 0. The highest BCUT2D eigenvalue weighted by Gasteiger charge is 2.08. The Kier molecular flexibility index (Phi) is 11.5. The third kappa shape index (κ3) is 11.7. The van der Waals surface area contributed by atoms with Crippen LogP contribution in [0.5, 0.6) is 0 Å². The summed E-state index contributed by atoms with van der Waals surface area (Å²) in [5.74, 6) is -0.604. The molecule has 0 aliphatic rings. The second-order valence-corrected chi connectivity index (χ2v) is 4.69. The number of hydrogen-bond donors (Lipinski definition) is 2. The van der Waals surface area contributed by atoms with Crippen molar-refractivity contribution in [2.24, 2.45) is 5.73 Å². The topological polar surface area (TPSA) is 63.3 Å². The van der Waals surface area contributed by atoms with Crippen LogP contribution in [0, 0.1) is 6.42 Å². The Balaban J connectivity index is 3.06. The summed E-state index contributed by atoms with van der Waals surface area (Å²) in [6.07, 6.45) is 12.7.